The molecule has 250 valence electrons. The standard InChI is InChI=1S/C34H48FN7O4/c1-5-42(23(2)3)32(44)27-16-26(35)6-7-28(27)46-31-29(36-22-37-39-31)41-20-33(21-41)12-14-40(15-13-33)18-24-8-10-34(11-9-24)17-25(19-45-4)30(43)38-34/h6-7,16,22-25H,5,8-15,17-21H2,1-4H3,(H,38,43)/t24?,25-,34?/m1/s1. The number of nitrogens with zero attached hydrogens (tertiary/aromatic N) is 6. The van der Waals surface area contributed by atoms with E-state index in [1.165, 1.54) is 24.5 Å². The van der Waals surface area contributed by atoms with Crippen LogP contribution >= 0.6 is 0 Å². The van der Waals surface area contributed by atoms with Crippen molar-refractivity contribution in [3.8, 4) is 11.6 Å². The summed E-state index contributed by atoms with van der Waals surface area (Å²) in [6, 6.07) is 3.92. The molecule has 3 saturated heterocycles. The van der Waals surface area contributed by atoms with E-state index in [-0.39, 0.29) is 51.9 Å². The number of anilines is 1. The Hall–Kier alpha value is -3.38. The highest BCUT2D eigenvalue weighted by Crippen LogP contribution is 2.45. The van der Waals surface area contributed by atoms with Gasteiger partial charge in [0.25, 0.3) is 11.8 Å². The van der Waals surface area contributed by atoms with Crippen LogP contribution in [0.2, 0.25) is 0 Å². The lowest BCUT2D eigenvalue weighted by atomic mass is 9.71. The molecule has 1 N–H and O–H groups in total. The maximum Gasteiger partial charge on any atom is 0.282 e. The van der Waals surface area contributed by atoms with E-state index in [1.54, 1.807) is 12.0 Å². The summed E-state index contributed by atoms with van der Waals surface area (Å²) in [5.74, 6) is 1.06. The van der Waals surface area contributed by atoms with Crippen molar-refractivity contribution < 1.29 is 23.5 Å². The third-order valence-electron chi connectivity index (χ3n) is 10.8. The Morgan fingerprint density at radius 3 is 2.59 bits per heavy atom. The summed E-state index contributed by atoms with van der Waals surface area (Å²) in [4.78, 5) is 36.7. The molecule has 46 heavy (non-hydrogen) atoms. The molecule has 1 atom stereocenters. The fourth-order valence-corrected chi connectivity index (χ4v) is 8.16. The van der Waals surface area contributed by atoms with Crippen molar-refractivity contribution in [1.82, 2.24) is 30.3 Å². The van der Waals surface area contributed by atoms with Crippen LogP contribution in [0, 0.1) is 23.1 Å². The highest BCUT2D eigenvalue weighted by atomic mass is 19.1. The Labute approximate surface area is 271 Å². The topological polar surface area (TPSA) is 113 Å². The number of hydrogen-bond acceptors (Lipinski definition) is 9. The quantitative estimate of drug-likeness (QED) is 0.408. The fraction of sp³-hybridized carbons (Fsp3) is 0.676. The van der Waals surface area contributed by atoms with E-state index in [0.717, 1.165) is 77.7 Å². The van der Waals surface area contributed by atoms with Gasteiger partial charge in [0.1, 0.15) is 17.9 Å². The highest BCUT2D eigenvalue weighted by molar-refractivity contribution is 5.97. The Morgan fingerprint density at radius 2 is 1.91 bits per heavy atom. The number of rotatable bonds is 10. The molecule has 2 aromatic rings. The van der Waals surface area contributed by atoms with Gasteiger partial charge in [-0.3, -0.25) is 9.59 Å². The number of benzene rings is 1. The number of likely N-dealkylation sites (tertiary alicyclic amines) is 1. The van der Waals surface area contributed by atoms with Gasteiger partial charge in [0.05, 0.1) is 18.1 Å². The molecule has 11 nitrogen and oxygen atoms in total. The van der Waals surface area contributed by atoms with E-state index in [0.29, 0.717) is 24.9 Å². The fourth-order valence-electron chi connectivity index (χ4n) is 8.16. The predicted octanol–water partition coefficient (Wildman–Crippen LogP) is 4.29. The molecule has 1 saturated carbocycles. The minimum Gasteiger partial charge on any atom is -0.434 e. The predicted molar refractivity (Wildman–Crippen MR) is 171 cm³/mol. The zero-order chi connectivity index (χ0) is 32.5. The van der Waals surface area contributed by atoms with Gasteiger partial charge in [-0.05, 0) is 103 Å². The Bertz CT molecular complexity index is 1400. The minimum atomic E-state index is -0.505. The van der Waals surface area contributed by atoms with Crippen LogP contribution in [0.15, 0.2) is 24.5 Å². The van der Waals surface area contributed by atoms with Crippen LogP contribution in [0.1, 0.15) is 76.1 Å². The van der Waals surface area contributed by atoms with Crippen molar-refractivity contribution >= 4 is 17.6 Å². The Balaban J connectivity index is 1.02. The summed E-state index contributed by atoms with van der Waals surface area (Å²) in [5.41, 5.74) is 0.361. The summed E-state index contributed by atoms with van der Waals surface area (Å²) >= 11 is 0. The maximum atomic E-state index is 14.3. The molecule has 1 aromatic heterocycles. The van der Waals surface area contributed by atoms with E-state index >= 15 is 0 Å². The molecule has 1 aliphatic carbocycles. The molecule has 1 aromatic carbocycles. The second-order valence-corrected chi connectivity index (χ2v) is 14.2. The van der Waals surface area contributed by atoms with Crippen LogP contribution < -0.4 is 15.0 Å². The summed E-state index contributed by atoms with van der Waals surface area (Å²) in [5, 5.41) is 11.5. The molecule has 6 rings (SSSR count). The first-order valence-corrected chi connectivity index (χ1v) is 16.9. The van der Waals surface area contributed by atoms with Gasteiger partial charge in [0.2, 0.25) is 5.91 Å². The van der Waals surface area contributed by atoms with Gasteiger partial charge in [-0.15, -0.1) is 10.2 Å². The van der Waals surface area contributed by atoms with Gasteiger partial charge in [-0.1, -0.05) is 0 Å². The Kier molecular flexibility index (Phi) is 9.48. The van der Waals surface area contributed by atoms with E-state index in [4.69, 9.17) is 9.47 Å². The van der Waals surface area contributed by atoms with E-state index in [2.05, 4.69) is 30.3 Å². The van der Waals surface area contributed by atoms with Crippen LogP contribution in [0.5, 0.6) is 11.6 Å². The average Bonchev–Trinajstić information content (AvgIpc) is 3.33. The van der Waals surface area contributed by atoms with E-state index in [9.17, 15) is 14.0 Å². The molecule has 0 unspecified atom stereocenters. The second kappa shape index (κ2) is 13.4. The lowest BCUT2D eigenvalue weighted by molar-refractivity contribution is -0.124. The summed E-state index contributed by atoms with van der Waals surface area (Å²) in [6.45, 7) is 11.8. The molecule has 12 heteroatoms. The molecule has 4 heterocycles. The highest BCUT2D eigenvalue weighted by Gasteiger charge is 2.48. The van der Waals surface area contributed by atoms with Gasteiger partial charge in [0, 0.05) is 50.3 Å². The molecule has 4 aliphatic rings. The van der Waals surface area contributed by atoms with Crippen LogP contribution in [-0.2, 0) is 9.53 Å². The smallest absolute Gasteiger partial charge is 0.282 e. The number of hydrogen-bond donors (Lipinski definition) is 1. The van der Waals surface area contributed by atoms with Crippen LogP contribution in [0.3, 0.4) is 0 Å². The minimum absolute atomic E-state index is 0.00583. The first kappa shape index (κ1) is 32.6. The van der Waals surface area contributed by atoms with Crippen molar-refractivity contribution in [3.63, 3.8) is 0 Å². The number of nitrogens with one attached hydrogen (secondary N) is 1. The number of carbonyl (C=O) groups is 2. The summed E-state index contributed by atoms with van der Waals surface area (Å²) in [6.07, 6.45) is 9.02. The van der Waals surface area contributed by atoms with E-state index in [1.807, 2.05) is 20.8 Å². The van der Waals surface area contributed by atoms with Crippen molar-refractivity contribution in [2.24, 2.45) is 17.3 Å². The number of carbonyl (C=O) groups excluding carboxylic acids is 2. The van der Waals surface area contributed by atoms with Gasteiger partial charge in [-0.2, -0.15) is 0 Å². The van der Waals surface area contributed by atoms with Crippen LogP contribution in [0.4, 0.5) is 10.2 Å². The summed E-state index contributed by atoms with van der Waals surface area (Å²) < 4.78 is 25.7. The number of piperidine rings is 1. The zero-order valence-corrected chi connectivity index (χ0v) is 27.6. The number of aromatic nitrogens is 3. The molecule has 3 aliphatic heterocycles. The molecule has 2 amide bonds. The SMILES string of the molecule is CCN(C(=O)c1cc(F)ccc1Oc1nncnc1N1CC2(CCN(CC3CCC4(CC3)C[C@H](COC)C(=O)N4)CC2)C1)C(C)C. The van der Waals surface area contributed by atoms with Gasteiger partial charge < -0.3 is 29.5 Å². The largest absolute Gasteiger partial charge is 0.434 e. The number of amides is 2. The lowest BCUT2D eigenvalue weighted by Crippen LogP contribution is -2.61. The molecule has 2 spiro atoms. The first-order valence-electron chi connectivity index (χ1n) is 16.9. The van der Waals surface area contributed by atoms with Crippen molar-refractivity contribution in [3.05, 3.63) is 35.9 Å². The van der Waals surface area contributed by atoms with Gasteiger partial charge in [0.15, 0.2) is 5.82 Å². The number of ether oxygens (including phenoxy) is 2. The normalized spacial score (nSPS) is 26.0. The van der Waals surface area contributed by atoms with Crippen molar-refractivity contribution in [2.75, 3.05) is 57.9 Å². The molecular formula is C34H48FN7O4. The average molecular weight is 638 g/mol. The van der Waals surface area contributed by atoms with Gasteiger partial charge >= 0.3 is 0 Å². The van der Waals surface area contributed by atoms with Crippen LogP contribution in [0.25, 0.3) is 0 Å². The monoisotopic (exact) mass is 637 g/mol. The zero-order valence-electron chi connectivity index (χ0n) is 27.6. The van der Waals surface area contributed by atoms with Crippen molar-refractivity contribution in [2.45, 2.75) is 77.3 Å². The van der Waals surface area contributed by atoms with Crippen LogP contribution in [-0.4, -0.2) is 101 Å². The third kappa shape index (κ3) is 6.69. The second-order valence-electron chi connectivity index (χ2n) is 14.2. The first-order chi connectivity index (χ1) is 22.1. The number of methoxy groups -OCH3 is 1. The molecule has 0 radical (unpaired) electrons. The molecular weight excluding hydrogens is 589 g/mol. The number of halogens is 1. The lowest BCUT2D eigenvalue weighted by Gasteiger charge is -2.54. The molecule has 0 bridgehead atoms. The molecule has 4 fully saturated rings. The van der Waals surface area contributed by atoms with Gasteiger partial charge in [-0.25, -0.2) is 9.37 Å². The maximum absolute atomic E-state index is 14.3. The summed E-state index contributed by atoms with van der Waals surface area (Å²) in [7, 11) is 1.67. The van der Waals surface area contributed by atoms with E-state index < -0.39 is 5.82 Å². The van der Waals surface area contributed by atoms with Crippen molar-refractivity contribution in [1.29, 1.82) is 0 Å². The third-order valence-corrected chi connectivity index (χ3v) is 10.8. The Morgan fingerprint density at radius 1 is 1.17 bits per heavy atom.